The van der Waals surface area contributed by atoms with Crippen LogP contribution in [0.4, 0.5) is 0 Å². The quantitative estimate of drug-likeness (QED) is 0.375. The van der Waals surface area contributed by atoms with Crippen molar-refractivity contribution in [3.63, 3.8) is 0 Å². The van der Waals surface area contributed by atoms with E-state index in [9.17, 15) is 24.9 Å². The number of esters is 1. The minimum atomic E-state index is -1.74. The first-order chi connectivity index (χ1) is 25.7. The molecule has 4 aliphatic rings. The second kappa shape index (κ2) is 17.3. The highest BCUT2D eigenvalue weighted by Crippen LogP contribution is 2.48. The number of hydrogen-bond donors (Lipinski definition) is 3. The van der Waals surface area contributed by atoms with Crippen LogP contribution < -0.4 is 0 Å². The van der Waals surface area contributed by atoms with Crippen LogP contribution in [0, 0.1) is 17.8 Å². The van der Waals surface area contributed by atoms with Crippen molar-refractivity contribution in [2.24, 2.45) is 17.8 Å². The van der Waals surface area contributed by atoms with Crippen LogP contribution in [0.25, 0.3) is 0 Å². The highest BCUT2D eigenvalue weighted by molar-refractivity contribution is 5.94. The monoisotopic (exact) mass is 775 g/mol. The summed E-state index contributed by atoms with van der Waals surface area (Å²) in [5, 5.41) is 35.0. The molecule has 312 valence electrons. The third-order valence-electron chi connectivity index (χ3n) is 13.0. The van der Waals surface area contributed by atoms with Crippen LogP contribution >= 0.6 is 0 Å². The molecule has 14 atom stereocenters. The molecule has 0 aliphatic carbocycles. The Kier molecular flexibility index (Phi) is 13.8. The fraction of sp³-hybridized carbons (Fsp3) is 0.810. The normalized spacial score (nSPS) is 42.4. The molecule has 13 nitrogen and oxygen atoms in total. The molecule has 4 heterocycles. The van der Waals surface area contributed by atoms with Crippen molar-refractivity contribution in [2.45, 2.75) is 159 Å². The number of ether oxygens (including phenoxy) is 5. The molecule has 0 saturated carbocycles. The average molecular weight is 776 g/mol. The molecule has 0 radical (unpaired) electrons. The number of amides is 1. The molecule has 5 rings (SSSR count). The van der Waals surface area contributed by atoms with Gasteiger partial charge in [0, 0.05) is 56.0 Å². The van der Waals surface area contributed by atoms with Crippen LogP contribution in [-0.4, -0.2) is 155 Å². The molecule has 0 unspecified atom stereocenters. The molecule has 1 amide bonds. The van der Waals surface area contributed by atoms with Crippen molar-refractivity contribution < 1.29 is 48.6 Å². The maximum Gasteiger partial charge on any atom is 0.311 e. The van der Waals surface area contributed by atoms with E-state index in [2.05, 4.69) is 6.92 Å². The first-order valence-corrected chi connectivity index (χ1v) is 20.4. The van der Waals surface area contributed by atoms with Gasteiger partial charge in [-0.1, -0.05) is 39.0 Å². The van der Waals surface area contributed by atoms with Crippen molar-refractivity contribution in [1.29, 1.82) is 0 Å². The van der Waals surface area contributed by atoms with Gasteiger partial charge < -0.3 is 53.7 Å². The van der Waals surface area contributed by atoms with Crippen molar-refractivity contribution in [1.82, 2.24) is 14.7 Å². The predicted octanol–water partition coefficient (Wildman–Crippen LogP) is 3.67. The first-order valence-electron chi connectivity index (χ1n) is 20.4. The number of aliphatic hydroxyl groups is 3. The molecule has 3 N–H and O–H groups in total. The molecule has 1 spiro atoms. The van der Waals surface area contributed by atoms with Crippen LogP contribution in [-0.2, 0) is 28.5 Å². The summed E-state index contributed by atoms with van der Waals surface area (Å²) >= 11 is 0. The van der Waals surface area contributed by atoms with Gasteiger partial charge in [-0.05, 0) is 93.1 Å². The van der Waals surface area contributed by atoms with Crippen molar-refractivity contribution in [3.05, 3.63) is 35.9 Å². The maximum atomic E-state index is 14.3. The smallest absolute Gasteiger partial charge is 0.311 e. The second-order valence-corrected chi connectivity index (χ2v) is 17.8. The number of piperidine rings is 1. The number of carbonyl (C=O) groups is 2. The van der Waals surface area contributed by atoms with Crippen molar-refractivity contribution in [3.8, 4) is 0 Å². The highest BCUT2D eigenvalue weighted by atomic mass is 16.7. The molecule has 0 aromatic heterocycles. The number of aliphatic hydroxyl groups excluding tert-OH is 2. The van der Waals surface area contributed by atoms with Gasteiger partial charge in [-0.25, -0.2) is 0 Å². The van der Waals surface area contributed by atoms with Gasteiger partial charge in [-0.3, -0.25) is 9.59 Å². The molecule has 1 aromatic rings. The lowest BCUT2D eigenvalue weighted by molar-refractivity contribution is -0.331. The van der Waals surface area contributed by atoms with E-state index in [0.29, 0.717) is 50.9 Å². The summed E-state index contributed by atoms with van der Waals surface area (Å²) in [7, 11) is 5.78. The van der Waals surface area contributed by atoms with E-state index in [1.807, 2.05) is 101 Å². The SMILES string of the molecule is CC[C@H]1OC(=O)[C@H](C)[C@H]2OC3(CCN(C(=O)c4ccccc4)CC3)O[C@](C)(C[C@@H](C)CN(C)[C@H](C)[C@@H](O)[C@]1(C)O)[C@H](O[C@@H]1O[C@H](C)C[C@H](N(C)C)[C@H]1O)[C@H]2C. The summed E-state index contributed by atoms with van der Waals surface area (Å²) in [5.74, 6) is -3.20. The maximum absolute atomic E-state index is 14.3. The summed E-state index contributed by atoms with van der Waals surface area (Å²) in [6, 6.07) is 8.52. The molecular weight excluding hydrogens is 706 g/mol. The highest BCUT2D eigenvalue weighted by Gasteiger charge is 2.58. The first kappa shape index (κ1) is 43.9. The number of likely N-dealkylation sites (N-methyl/N-ethyl adjacent to an activating group) is 2. The fourth-order valence-electron chi connectivity index (χ4n) is 9.74. The Morgan fingerprint density at radius 3 is 2.27 bits per heavy atom. The number of hydrogen-bond acceptors (Lipinski definition) is 12. The Bertz CT molecular complexity index is 1440. The zero-order valence-corrected chi connectivity index (χ0v) is 35.0. The van der Waals surface area contributed by atoms with Gasteiger partial charge >= 0.3 is 5.97 Å². The van der Waals surface area contributed by atoms with Gasteiger partial charge in [0.2, 0.25) is 0 Å². The standard InChI is InChI=1S/C42H69N3O10/c1-12-32-41(8,50)35(47)29(6)44(11)24-25(2)23-40(7)36(53-39-33(46)31(43(9)10)22-26(3)51-39)27(4)34(28(5)38(49)52-32)54-42(55-40)18-20-45(21-19-42)37(48)30-16-14-13-15-17-30/h13-17,25-29,31-36,39,46-47,50H,12,18-24H2,1-11H3/t25-,26-,27+,28-,29-,31+,32-,33-,34+,35-,36-,39+,40-,41-/m1/s1. The molecule has 4 saturated heterocycles. The predicted molar refractivity (Wildman–Crippen MR) is 207 cm³/mol. The third kappa shape index (κ3) is 9.26. The van der Waals surface area contributed by atoms with E-state index in [1.165, 1.54) is 6.92 Å². The molecule has 55 heavy (non-hydrogen) atoms. The Hall–Kier alpha value is -2.20. The van der Waals surface area contributed by atoms with Gasteiger partial charge in [-0.2, -0.15) is 0 Å². The zero-order chi connectivity index (χ0) is 40.6. The number of cyclic esters (lactones) is 1. The van der Waals surface area contributed by atoms with Crippen LogP contribution in [0.2, 0.25) is 0 Å². The molecule has 4 aliphatic heterocycles. The second-order valence-electron chi connectivity index (χ2n) is 17.8. The number of nitrogens with zero attached hydrogens (tertiary/aromatic N) is 3. The summed E-state index contributed by atoms with van der Waals surface area (Å²) in [6.45, 7) is 16.4. The summed E-state index contributed by atoms with van der Waals surface area (Å²) < 4.78 is 34.0. The lowest BCUT2D eigenvalue weighted by Gasteiger charge is -2.49. The van der Waals surface area contributed by atoms with Crippen LogP contribution in [0.15, 0.2) is 30.3 Å². The Labute approximate surface area is 328 Å². The number of fused-ring (bicyclic) bond motifs is 3. The summed E-state index contributed by atoms with van der Waals surface area (Å²) in [4.78, 5) is 33.7. The lowest BCUT2D eigenvalue weighted by atomic mass is 9.78. The van der Waals surface area contributed by atoms with E-state index in [4.69, 9.17) is 23.7 Å². The Morgan fingerprint density at radius 1 is 1.04 bits per heavy atom. The third-order valence-corrected chi connectivity index (χ3v) is 13.0. The minimum Gasteiger partial charge on any atom is -0.459 e. The lowest BCUT2D eigenvalue weighted by Crippen LogP contribution is -2.60. The van der Waals surface area contributed by atoms with E-state index in [0.717, 1.165) is 0 Å². The fourth-order valence-corrected chi connectivity index (χ4v) is 9.74. The van der Waals surface area contributed by atoms with Gasteiger partial charge in [0.15, 0.2) is 12.1 Å². The zero-order valence-electron chi connectivity index (χ0n) is 35.0. The summed E-state index contributed by atoms with van der Waals surface area (Å²) in [5.41, 5.74) is -2.17. The van der Waals surface area contributed by atoms with Gasteiger partial charge in [0.25, 0.3) is 5.91 Å². The average Bonchev–Trinajstić information content (AvgIpc) is 3.22. The number of carbonyl (C=O) groups excluding carboxylic acids is 2. The Balaban J connectivity index is 1.59. The number of benzene rings is 1. The van der Waals surface area contributed by atoms with Gasteiger partial charge in [-0.15, -0.1) is 0 Å². The largest absolute Gasteiger partial charge is 0.459 e. The molecule has 1 aromatic carbocycles. The molecule has 4 fully saturated rings. The molecule has 13 heteroatoms. The van der Waals surface area contributed by atoms with Gasteiger partial charge in [0.05, 0.1) is 29.8 Å². The van der Waals surface area contributed by atoms with Crippen molar-refractivity contribution >= 4 is 11.9 Å². The summed E-state index contributed by atoms with van der Waals surface area (Å²) in [6.07, 6.45) is -3.76. The van der Waals surface area contributed by atoms with E-state index in [-0.39, 0.29) is 30.4 Å². The number of likely N-dealkylation sites (tertiary alicyclic amines) is 1. The Morgan fingerprint density at radius 2 is 1.67 bits per heavy atom. The van der Waals surface area contributed by atoms with Gasteiger partial charge in [0.1, 0.15) is 23.9 Å². The van der Waals surface area contributed by atoms with E-state index in [1.54, 1.807) is 6.92 Å². The number of rotatable bonds is 5. The van der Waals surface area contributed by atoms with Crippen molar-refractivity contribution in [2.75, 3.05) is 40.8 Å². The van der Waals surface area contributed by atoms with E-state index >= 15 is 0 Å². The molecular formula is C42H69N3O10. The minimum absolute atomic E-state index is 0.0192. The molecule has 2 bridgehead atoms. The topological polar surface area (TPSA) is 151 Å². The van der Waals surface area contributed by atoms with Crippen LogP contribution in [0.3, 0.4) is 0 Å². The van der Waals surface area contributed by atoms with Crippen LogP contribution in [0.1, 0.15) is 97.9 Å². The van der Waals surface area contributed by atoms with Crippen LogP contribution in [0.5, 0.6) is 0 Å². The van der Waals surface area contributed by atoms with E-state index < -0.39 is 77.6 Å².